The molecule has 0 bridgehead atoms. The van der Waals surface area contributed by atoms with Gasteiger partial charge in [-0.25, -0.2) is 0 Å². The molecule has 66 valence electrons. The van der Waals surface area contributed by atoms with Gasteiger partial charge < -0.3 is 0 Å². The van der Waals surface area contributed by atoms with Crippen molar-refractivity contribution in [3.05, 3.63) is 11.6 Å². The Morgan fingerprint density at radius 3 is 2.55 bits per heavy atom. The van der Waals surface area contributed by atoms with E-state index in [2.05, 4.69) is 42.8 Å². The Labute approximate surface area is 83.1 Å². The third kappa shape index (κ3) is 6.89. The first-order valence-corrected chi connectivity index (χ1v) is 5.37. The van der Waals surface area contributed by atoms with E-state index in [1.807, 2.05) is 0 Å². The summed E-state index contributed by atoms with van der Waals surface area (Å²) in [6.07, 6.45) is 4.25. The molecule has 0 aromatic rings. The molecule has 0 saturated carbocycles. The largest absolute Gasteiger partial charge is 0.123 e. The number of halogens is 2. The van der Waals surface area contributed by atoms with Crippen LogP contribution in [0.2, 0.25) is 0 Å². The third-order valence-electron chi connectivity index (χ3n) is 1.50. The molecule has 0 N–H and O–H groups in total. The van der Waals surface area contributed by atoms with Crippen LogP contribution in [-0.4, -0.2) is 10.2 Å². The lowest BCUT2D eigenvalue weighted by molar-refractivity contribution is 0.794. The maximum Gasteiger partial charge on any atom is 0.0370 e. The summed E-state index contributed by atoms with van der Waals surface area (Å²) in [5.74, 6) is 0. The van der Waals surface area contributed by atoms with Crippen molar-refractivity contribution in [2.45, 2.75) is 43.8 Å². The predicted octanol–water partition coefficient (Wildman–Crippen LogP) is 4.12. The van der Waals surface area contributed by atoms with Crippen LogP contribution >= 0.6 is 27.5 Å². The first-order valence-electron chi connectivity index (χ1n) is 4.01. The van der Waals surface area contributed by atoms with Gasteiger partial charge in [0.1, 0.15) is 0 Å². The Hall–Kier alpha value is 0.510. The summed E-state index contributed by atoms with van der Waals surface area (Å²) in [5, 5.41) is 0.303. The van der Waals surface area contributed by atoms with Crippen LogP contribution in [0, 0.1) is 0 Å². The molecule has 2 unspecified atom stereocenters. The zero-order chi connectivity index (χ0) is 8.85. The standard InChI is InChI=1S/C9H16BrCl/c1-4-9(11)6-7(2)5-8(3)10/h5,8-9H,4,6H2,1-3H3. The first kappa shape index (κ1) is 11.5. The summed E-state index contributed by atoms with van der Waals surface area (Å²) in [4.78, 5) is 0.461. The maximum absolute atomic E-state index is 5.99. The van der Waals surface area contributed by atoms with E-state index < -0.39 is 0 Å². The highest BCUT2D eigenvalue weighted by Crippen LogP contribution is 2.15. The predicted molar refractivity (Wildman–Crippen MR) is 56.7 cm³/mol. The van der Waals surface area contributed by atoms with Crippen LogP contribution in [0.5, 0.6) is 0 Å². The first-order chi connectivity index (χ1) is 5.06. The van der Waals surface area contributed by atoms with Crippen LogP contribution in [0.3, 0.4) is 0 Å². The van der Waals surface area contributed by atoms with E-state index in [0.717, 1.165) is 12.8 Å². The summed E-state index contributed by atoms with van der Waals surface area (Å²) in [7, 11) is 0. The van der Waals surface area contributed by atoms with Gasteiger partial charge in [-0.05, 0) is 26.7 Å². The monoisotopic (exact) mass is 238 g/mol. The second-order valence-electron chi connectivity index (χ2n) is 2.90. The lowest BCUT2D eigenvalue weighted by atomic mass is 10.1. The van der Waals surface area contributed by atoms with E-state index in [-0.39, 0.29) is 0 Å². The summed E-state index contributed by atoms with van der Waals surface area (Å²) in [6.45, 7) is 6.35. The Kier molecular flexibility index (Phi) is 6.36. The topological polar surface area (TPSA) is 0 Å². The van der Waals surface area contributed by atoms with Crippen LogP contribution in [0.25, 0.3) is 0 Å². The molecule has 0 fully saturated rings. The van der Waals surface area contributed by atoms with Gasteiger partial charge in [-0.15, -0.1) is 11.6 Å². The van der Waals surface area contributed by atoms with Crippen molar-refractivity contribution in [3.63, 3.8) is 0 Å². The molecule has 11 heavy (non-hydrogen) atoms. The molecule has 2 heteroatoms. The fraction of sp³-hybridized carbons (Fsp3) is 0.778. The molecule has 0 heterocycles. The molecule has 0 aromatic heterocycles. The van der Waals surface area contributed by atoms with Crippen LogP contribution in [0.15, 0.2) is 11.6 Å². The fourth-order valence-electron chi connectivity index (χ4n) is 0.954. The molecular formula is C9H16BrCl. The number of allylic oxidation sites excluding steroid dienone is 2. The third-order valence-corrected chi connectivity index (χ3v) is 2.23. The van der Waals surface area contributed by atoms with Gasteiger partial charge in [0, 0.05) is 10.2 Å². The van der Waals surface area contributed by atoms with Crippen LogP contribution in [0.4, 0.5) is 0 Å². The molecule has 0 aromatic carbocycles. The van der Waals surface area contributed by atoms with Gasteiger partial charge in [-0.3, -0.25) is 0 Å². The van der Waals surface area contributed by atoms with E-state index in [0.29, 0.717) is 10.2 Å². The summed E-state index contributed by atoms with van der Waals surface area (Å²) in [6, 6.07) is 0. The van der Waals surface area contributed by atoms with Crippen molar-refractivity contribution in [3.8, 4) is 0 Å². The molecule has 0 nitrogen and oxygen atoms in total. The number of hydrogen-bond acceptors (Lipinski definition) is 0. The van der Waals surface area contributed by atoms with E-state index in [4.69, 9.17) is 11.6 Å². The molecule has 0 aliphatic rings. The van der Waals surface area contributed by atoms with Crippen molar-refractivity contribution >= 4 is 27.5 Å². The molecule has 0 rings (SSSR count). The Balaban J connectivity index is 3.76. The van der Waals surface area contributed by atoms with Gasteiger partial charge in [0.05, 0.1) is 0 Å². The molecule has 0 radical (unpaired) electrons. The average Bonchev–Trinajstić information content (AvgIpc) is 1.85. The van der Waals surface area contributed by atoms with Gasteiger partial charge in [-0.2, -0.15) is 0 Å². The molecule has 0 amide bonds. The highest BCUT2D eigenvalue weighted by atomic mass is 79.9. The van der Waals surface area contributed by atoms with Crippen LogP contribution < -0.4 is 0 Å². The van der Waals surface area contributed by atoms with Gasteiger partial charge in [-0.1, -0.05) is 34.5 Å². The maximum atomic E-state index is 5.99. The number of alkyl halides is 2. The fourth-order valence-corrected chi connectivity index (χ4v) is 1.65. The van der Waals surface area contributed by atoms with Crippen molar-refractivity contribution in [1.29, 1.82) is 0 Å². The Bertz CT molecular complexity index is 130. The minimum absolute atomic E-state index is 0.303. The summed E-state index contributed by atoms with van der Waals surface area (Å²) in [5.41, 5.74) is 1.37. The number of rotatable bonds is 4. The lowest BCUT2D eigenvalue weighted by Crippen LogP contribution is -1.97. The van der Waals surface area contributed by atoms with Crippen LogP contribution in [0.1, 0.15) is 33.6 Å². The quantitative estimate of drug-likeness (QED) is 0.511. The number of hydrogen-bond donors (Lipinski definition) is 0. The van der Waals surface area contributed by atoms with Gasteiger partial charge in [0.2, 0.25) is 0 Å². The SMILES string of the molecule is CCC(Cl)CC(C)=CC(C)Br. The second-order valence-corrected chi connectivity index (χ2v) is 4.96. The van der Waals surface area contributed by atoms with Crippen molar-refractivity contribution in [2.75, 3.05) is 0 Å². The summed E-state index contributed by atoms with van der Waals surface area (Å²) < 4.78 is 0. The molecule has 0 aliphatic heterocycles. The van der Waals surface area contributed by atoms with Crippen molar-refractivity contribution in [2.24, 2.45) is 0 Å². The Morgan fingerprint density at radius 2 is 2.18 bits per heavy atom. The molecule has 0 saturated heterocycles. The van der Waals surface area contributed by atoms with E-state index >= 15 is 0 Å². The van der Waals surface area contributed by atoms with Gasteiger partial charge in [0.15, 0.2) is 0 Å². The van der Waals surface area contributed by atoms with Gasteiger partial charge in [0.25, 0.3) is 0 Å². The summed E-state index contributed by atoms with van der Waals surface area (Å²) >= 11 is 9.45. The van der Waals surface area contributed by atoms with Crippen LogP contribution in [-0.2, 0) is 0 Å². The molecular weight excluding hydrogens is 223 g/mol. The van der Waals surface area contributed by atoms with E-state index in [1.165, 1.54) is 5.57 Å². The Morgan fingerprint density at radius 1 is 1.64 bits per heavy atom. The second kappa shape index (κ2) is 6.07. The zero-order valence-corrected chi connectivity index (χ0v) is 9.74. The minimum atomic E-state index is 0.303. The normalized spacial score (nSPS) is 18.1. The van der Waals surface area contributed by atoms with Crippen molar-refractivity contribution < 1.29 is 0 Å². The molecule has 0 spiro atoms. The average molecular weight is 240 g/mol. The zero-order valence-electron chi connectivity index (χ0n) is 7.40. The molecule has 2 atom stereocenters. The lowest BCUT2D eigenvalue weighted by Gasteiger charge is -2.06. The minimum Gasteiger partial charge on any atom is -0.123 e. The van der Waals surface area contributed by atoms with Crippen molar-refractivity contribution in [1.82, 2.24) is 0 Å². The highest BCUT2D eigenvalue weighted by Gasteiger charge is 2.02. The highest BCUT2D eigenvalue weighted by molar-refractivity contribution is 9.09. The smallest absolute Gasteiger partial charge is 0.0370 e. The van der Waals surface area contributed by atoms with E-state index in [1.54, 1.807) is 0 Å². The van der Waals surface area contributed by atoms with E-state index in [9.17, 15) is 0 Å². The molecule has 0 aliphatic carbocycles. The van der Waals surface area contributed by atoms with Gasteiger partial charge >= 0.3 is 0 Å².